The molecule has 1 aliphatic carbocycles. The molecule has 2 aliphatic rings. The lowest BCUT2D eigenvalue weighted by atomic mass is 9.78. The van der Waals surface area contributed by atoms with Gasteiger partial charge in [-0.25, -0.2) is 4.98 Å². The van der Waals surface area contributed by atoms with E-state index in [0.717, 1.165) is 24.3 Å². The SMILES string of the molecule is COc1ccc(-c2nc(SCC(=O)N3CCC[C@H]4CCCC[C@H]43)n[nH]2)cc1. The van der Waals surface area contributed by atoms with Crippen molar-refractivity contribution in [1.29, 1.82) is 0 Å². The Morgan fingerprint density at radius 2 is 2.00 bits per heavy atom. The minimum atomic E-state index is 0.229. The molecule has 4 rings (SSSR count). The van der Waals surface area contributed by atoms with Gasteiger partial charge in [-0.05, 0) is 55.9 Å². The highest BCUT2D eigenvalue weighted by atomic mass is 32.2. The van der Waals surface area contributed by atoms with Crippen molar-refractivity contribution in [3.8, 4) is 17.1 Å². The molecule has 1 amide bonds. The number of hydrogen-bond acceptors (Lipinski definition) is 5. The predicted octanol–water partition coefficient (Wildman–Crippen LogP) is 3.75. The molecule has 144 valence electrons. The number of methoxy groups -OCH3 is 1. The minimum absolute atomic E-state index is 0.229. The van der Waals surface area contributed by atoms with E-state index in [1.165, 1.54) is 43.9 Å². The number of nitrogens with one attached hydrogen (secondary N) is 1. The molecule has 1 saturated carbocycles. The second kappa shape index (κ2) is 8.33. The molecule has 27 heavy (non-hydrogen) atoms. The van der Waals surface area contributed by atoms with Gasteiger partial charge in [0.25, 0.3) is 0 Å². The molecule has 0 unspecified atom stereocenters. The van der Waals surface area contributed by atoms with E-state index in [1.807, 2.05) is 24.3 Å². The second-order valence-corrected chi connectivity index (χ2v) is 8.27. The van der Waals surface area contributed by atoms with E-state index in [4.69, 9.17) is 4.74 Å². The number of aromatic nitrogens is 3. The second-order valence-electron chi connectivity index (χ2n) is 7.33. The Bertz CT molecular complexity index is 775. The molecule has 1 aromatic heterocycles. The normalized spacial score (nSPS) is 22.3. The molecule has 0 spiro atoms. The number of likely N-dealkylation sites (tertiary alicyclic amines) is 1. The predicted molar refractivity (Wildman–Crippen MR) is 106 cm³/mol. The molecular weight excluding hydrogens is 360 g/mol. The summed E-state index contributed by atoms with van der Waals surface area (Å²) in [5.74, 6) is 2.86. The Labute approximate surface area is 164 Å². The number of hydrogen-bond donors (Lipinski definition) is 1. The average Bonchev–Trinajstić information content (AvgIpc) is 3.20. The van der Waals surface area contributed by atoms with Crippen molar-refractivity contribution in [1.82, 2.24) is 20.1 Å². The van der Waals surface area contributed by atoms with Crippen molar-refractivity contribution in [3.05, 3.63) is 24.3 Å². The number of fused-ring (bicyclic) bond motifs is 1. The number of carbonyl (C=O) groups is 1. The Morgan fingerprint density at radius 1 is 1.22 bits per heavy atom. The summed E-state index contributed by atoms with van der Waals surface area (Å²) in [6, 6.07) is 8.13. The first-order valence-corrected chi connectivity index (χ1v) is 10.7. The van der Waals surface area contributed by atoms with Crippen molar-refractivity contribution < 1.29 is 9.53 Å². The van der Waals surface area contributed by atoms with Gasteiger partial charge in [-0.2, -0.15) is 0 Å². The summed E-state index contributed by atoms with van der Waals surface area (Å²) in [7, 11) is 1.65. The Hall–Kier alpha value is -2.02. The smallest absolute Gasteiger partial charge is 0.233 e. The minimum Gasteiger partial charge on any atom is -0.497 e. The lowest BCUT2D eigenvalue weighted by molar-refractivity contribution is -0.134. The molecule has 2 heterocycles. The quantitative estimate of drug-likeness (QED) is 0.793. The summed E-state index contributed by atoms with van der Waals surface area (Å²) in [6.07, 6.45) is 7.46. The van der Waals surface area contributed by atoms with Gasteiger partial charge in [0.15, 0.2) is 5.82 Å². The van der Waals surface area contributed by atoms with Crippen LogP contribution in [0.4, 0.5) is 0 Å². The van der Waals surface area contributed by atoms with Crippen molar-refractivity contribution in [2.24, 2.45) is 5.92 Å². The van der Waals surface area contributed by atoms with Crippen molar-refractivity contribution in [3.63, 3.8) is 0 Å². The molecule has 7 heteroatoms. The van der Waals surface area contributed by atoms with E-state index < -0.39 is 0 Å². The summed E-state index contributed by atoms with van der Waals surface area (Å²) < 4.78 is 5.18. The van der Waals surface area contributed by atoms with Crippen LogP contribution in [0, 0.1) is 5.92 Å². The zero-order chi connectivity index (χ0) is 18.6. The van der Waals surface area contributed by atoms with Crippen molar-refractivity contribution in [2.45, 2.75) is 49.7 Å². The molecule has 1 saturated heterocycles. The number of rotatable bonds is 5. The first-order valence-electron chi connectivity index (χ1n) is 9.73. The molecule has 0 bridgehead atoms. The van der Waals surface area contributed by atoms with E-state index in [-0.39, 0.29) is 5.91 Å². The highest BCUT2D eigenvalue weighted by molar-refractivity contribution is 7.99. The van der Waals surface area contributed by atoms with Crippen molar-refractivity contribution >= 4 is 17.7 Å². The molecule has 1 N–H and O–H groups in total. The maximum Gasteiger partial charge on any atom is 0.233 e. The Balaban J connectivity index is 1.35. The third-order valence-corrected chi connectivity index (χ3v) is 6.55. The maximum absolute atomic E-state index is 12.8. The largest absolute Gasteiger partial charge is 0.497 e. The molecule has 2 fully saturated rings. The highest BCUT2D eigenvalue weighted by Gasteiger charge is 2.35. The van der Waals surface area contributed by atoms with Crippen molar-refractivity contribution in [2.75, 3.05) is 19.4 Å². The van der Waals surface area contributed by atoms with Crippen LogP contribution in [0.3, 0.4) is 0 Å². The van der Waals surface area contributed by atoms with Crippen LogP contribution in [0.25, 0.3) is 11.4 Å². The van der Waals surface area contributed by atoms with Gasteiger partial charge in [0.1, 0.15) is 5.75 Å². The molecule has 0 radical (unpaired) electrons. The number of benzene rings is 1. The van der Waals surface area contributed by atoms with Crippen LogP contribution in [-0.4, -0.2) is 51.4 Å². The number of thioether (sulfide) groups is 1. The third kappa shape index (κ3) is 4.13. The number of aromatic amines is 1. The Morgan fingerprint density at radius 3 is 2.81 bits per heavy atom. The number of carbonyl (C=O) groups excluding carboxylic acids is 1. The average molecular weight is 387 g/mol. The monoisotopic (exact) mass is 386 g/mol. The van der Waals surface area contributed by atoms with Crippen LogP contribution >= 0.6 is 11.8 Å². The molecule has 2 atom stereocenters. The Kier molecular flexibility index (Phi) is 5.66. The standard InChI is InChI=1S/C20H26N4O2S/c1-26-16-10-8-15(9-11-16)19-21-20(23-22-19)27-13-18(25)24-12-4-6-14-5-2-3-7-17(14)24/h8-11,14,17H,2-7,12-13H2,1H3,(H,21,22,23)/t14-,17-/m1/s1. The fourth-order valence-electron chi connectivity index (χ4n) is 4.33. The van der Waals surface area contributed by atoms with Crippen LogP contribution in [0.15, 0.2) is 29.4 Å². The summed E-state index contributed by atoms with van der Waals surface area (Å²) >= 11 is 1.42. The summed E-state index contributed by atoms with van der Waals surface area (Å²) in [6.45, 7) is 0.908. The number of nitrogens with zero attached hydrogens (tertiary/aromatic N) is 3. The summed E-state index contributed by atoms with van der Waals surface area (Å²) in [4.78, 5) is 19.5. The van der Waals surface area contributed by atoms with E-state index >= 15 is 0 Å². The summed E-state index contributed by atoms with van der Waals surface area (Å²) in [5.41, 5.74) is 0.947. The molecular formula is C20H26N4O2S. The number of H-pyrrole nitrogens is 1. The van der Waals surface area contributed by atoms with Crippen LogP contribution < -0.4 is 4.74 Å². The number of piperidine rings is 1. The van der Waals surface area contributed by atoms with E-state index in [0.29, 0.717) is 28.7 Å². The fourth-order valence-corrected chi connectivity index (χ4v) is 5.02. The molecule has 6 nitrogen and oxygen atoms in total. The number of amides is 1. The van der Waals surface area contributed by atoms with Crippen LogP contribution in [0.5, 0.6) is 5.75 Å². The van der Waals surface area contributed by atoms with Crippen LogP contribution in [0.1, 0.15) is 38.5 Å². The topological polar surface area (TPSA) is 71.1 Å². The lowest BCUT2D eigenvalue weighted by Crippen LogP contribution is -2.50. The van der Waals surface area contributed by atoms with Gasteiger partial charge in [0, 0.05) is 18.2 Å². The van der Waals surface area contributed by atoms with Gasteiger partial charge in [-0.1, -0.05) is 24.6 Å². The van der Waals surface area contributed by atoms with Gasteiger partial charge in [0.2, 0.25) is 11.1 Å². The summed E-state index contributed by atoms with van der Waals surface area (Å²) in [5, 5.41) is 7.84. The van der Waals surface area contributed by atoms with Gasteiger partial charge < -0.3 is 9.64 Å². The third-order valence-electron chi connectivity index (χ3n) is 5.72. The molecule has 1 aromatic carbocycles. The van der Waals surface area contributed by atoms with E-state index in [2.05, 4.69) is 20.1 Å². The van der Waals surface area contributed by atoms with Gasteiger partial charge in [-0.15, -0.1) is 5.10 Å². The lowest BCUT2D eigenvalue weighted by Gasteiger charge is -2.44. The van der Waals surface area contributed by atoms with Gasteiger partial charge >= 0.3 is 0 Å². The first kappa shape index (κ1) is 18.3. The van der Waals surface area contributed by atoms with Crippen LogP contribution in [-0.2, 0) is 4.79 Å². The number of ether oxygens (including phenoxy) is 1. The zero-order valence-corrected chi connectivity index (χ0v) is 16.5. The fraction of sp³-hybridized carbons (Fsp3) is 0.550. The highest BCUT2D eigenvalue weighted by Crippen LogP contribution is 2.35. The van der Waals surface area contributed by atoms with E-state index in [1.54, 1.807) is 7.11 Å². The zero-order valence-electron chi connectivity index (χ0n) is 15.7. The molecule has 1 aliphatic heterocycles. The first-order chi connectivity index (χ1) is 13.2. The van der Waals surface area contributed by atoms with E-state index in [9.17, 15) is 4.79 Å². The van der Waals surface area contributed by atoms with Gasteiger partial charge in [-0.3, -0.25) is 9.89 Å². The van der Waals surface area contributed by atoms with Crippen LogP contribution in [0.2, 0.25) is 0 Å². The molecule has 2 aromatic rings. The maximum atomic E-state index is 12.8. The van der Waals surface area contributed by atoms with Gasteiger partial charge in [0.05, 0.1) is 12.9 Å².